The van der Waals surface area contributed by atoms with E-state index in [1.807, 2.05) is 0 Å². The van der Waals surface area contributed by atoms with Crippen molar-refractivity contribution < 1.29 is 26.7 Å². The van der Waals surface area contributed by atoms with Crippen LogP contribution in [0.15, 0.2) is 18.2 Å². The molecule has 1 atom stereocenters. The lowest BCUT2D eigenvalue weighted by atomic mass is 10.0. The maximum atomic E-state index is 13.1. The molecule has 0 aliphatic carbocycles. The second-order valence-electron chi connectivity index (χ2n) is 4.75. The van der Waals surface area contributed by atoms with E-state index >= 15 is 0 Å². The molecule has 0 aliphatic rings. The maximum absolute atomic E-state index is 13.1. The van der Waals surface area contributed by atoms with Crippen LogP contribution in [0.2, 0.25) is 0 Å². The van der Waals surface area contributed by atoms with Crippen LogP contribution in [-0.2, 0) is 0 Å². The Morgan fingerprint density at radius 1 is 1.24 bits per heavy atom. The fourth-order valence-corrected chi connectivity index (χ4v) is 1.98. The normalized spacial score (nSPS) is 13.5. The van der Waals surface area contributed by atoms with E-state index in [0.29, 0.717) is 12.5 Å². The molecule has 0 radical (unpaired) electrons. The Balaban J connectivity index is 2.93. The van der Waals surface area contributed by atoms with E-state index in [4.69, 9.17) is 0 Å². The van der Waals surface area contributed by atoms with Crippen molar-refractivity contribution >= 4 is 5.78 Å². The molecule has 21 heavy (non-hydrogen) atoms. The summed E-state index contributed by atoms with van der Waals surface area (Å²) >= 11 is 0. The van der Waals surface area contributed by atoms with E-state index in [1.165, 1.54) is 6.92 Å². The summed E-state index contributed by atoms with van der Waals surface area (Å²) < 4.78 is 63.5. The quantitative estimate of drug-likeness (QED) is 0.588. The number of carbonyl (C=O) groups is 1. The van der Waals surface area contributed by atoms with Gasteiger partial charge in [-0.2, -0.15) is 13.2 Å². The van der Waals surface area contributed by atoms with Crippen molar-refractivity contribution in [3.8, 4) is 0 Å². The highest BCUT2D eigenvalue weighted by atomic mass is 19.4. The van der Waals surface area contributed by atoms with Crippen molar-refractivity contribution in [3.63, 3.8) is 0 Å². The van der Waals surface area contributed by atoms with Gasteiger partial charge in [-0.1, -0.05) is 6.92 Å². The van der Waals surface area contributed by atoms with Crippen LogP contribution in [0, 0.1) is 11.6 Å². The van der Waals surface area contributed by atoms with Crippen LogP contribution in [0.1, 0.15) is 30.6 Å². The van der Waals surface area contributed by atoms with Crippen LogP contribution in [-0.4, -0.2) is 36.0 Å². The van der Waals surface area contributed by atoms with Gasteiger partial charge in [0.25, 0.3) is 0 Å². The van der Waals surface area contributed by atoms with Gasteiger partial charge in [-0.3, -0.25) is 9.69 Å². The second-order valence-corrected chi connectivity index (χ2v) is 4.75. The average molecular weight is 309 g/mol. The summed E-state index contributed by atoms with van der Waals surface area (Å²) in [5.41, 5.74) is -0.148. The van der Waals surface area contributed by atoms with E-state index in [-0.39, 0.29) is 12.1 Å². The largest absolute Gasteiger partial charge is 0.401 e. The molecule has 0 fully saturated rings. The zero-order valence-electron chi connectivity index (χ0n) is 11.7. The monoisotopic (exact) mass is 309 g/mol. The lowest BCUT2D eigenvalue weighted by Gasteiger charge is -2.28. The van der Waals surface area contributed by atoms with Crippen molar-refractivity contribution in [3.05, 3.63) is 35.4 Å². The maximum Gasteiger partial charge on any atom is 0.401 e. The van der Waals surface area contributed by atoms with E-state index in [1.54, 1.807) is 6.92 Å². The molecular weight excluding hydrogens is 293 g/mol. The molecule has 1 aromatic rings. The molecular formula is C14H16F5NO. The Bertz CT molecular complexity index is 501. The molecule has 1 unspecified atom stereocenters. The number of alkyl halides is 3. The molecule has 2 nitrogen and oxygen atoms in total. The smallest absolute Gasteiger partial charge is 0.292 e. The van der Waals surface area contributed by atoms with Gasteiger partial charge < -0.3 is 0 Å². The van der Waals surface area contributed by atoms with Gasteiger partial charge in [0.05, 0.1) is 12.6 Å². The van der Waals surface area contributed by atoms with Gasteiger partial charge in [0.2, 0.25) is 0 Å². The number of rotatable bonds is 6. The molecule has 0 N–H and O–H groups in total. The fraction of sp³-hybridized carbons (Fsp3) is 0.500. The minimum Gasteiger partial charge on any atom is -0.292 e. The second kappa shape index (κ2) is 6.98. The Morgan fingerprint density at radius 2 is 1.86 bits per heavy atom. The van der Waals surface area contributed by atoms with Gasteiger partial charge in [-0.25, -0.2) is 8.78 Å². The van der Waals surface area contributed by atoms with Crippen LogP contribution in [0.3, 0.4) is 0 Å². The van der Waals surface area contributed by atoms with Gasteiger partial charge >= 0.3 is 6.18 Å². The average Bonchev–Trinajstić information content (AvgIpc) is 2.38. The SMILES string of the molecule is CCCN(CC(F)(F)F)C(C)C(=O)c1ccc(F)c(F)c1. The summed E-state index contributed by atoms with van der Waals surface area (Å²) in [6, 6.07) is 1.47. The zero-order chi connectivity index (χ0) is 16.2. The van der Waals surface area contributed by atoms with E-state index in [2.05, 4.69) is 0 Å². The summed E-state index contributed by atoms with van der Waals surface area (Å²) in [5.74, 6) is -2.99. The number of nitrogens with zero attached hydrogens (tertiary/aromatic N) is 1. The molecule has 0 heterocycles. The van der Waals surface area contributed by atoms with Crippen molar-refractivity contribution in [2.75, 3.05) is 13.1 Å². The predicted octanol–water partition coefficient (Wildman–Crippen LogP) is 3.81. The van der Waals surface area contributed by atoms with Crippen molar-refractivity contribution in [2.24, 2.45) is 0 Å². The topological polar surface area (TPSA) is 20.3 Å². The first-order valence-corrected chi connectivity index (χ1v) is 6.45. The lowest BCUT2D eigenvalue weighted by molar-refractivity contribution is -0.148. The first-order chi connectivity index (χ1) is 9.65. The van der Waals surface area contributed by atoms with Crippen molar-refractivity contribution in [1.29, 1.82) is 0 Å². The molecule has 1 aromatic carbocycles. The first kappa shape index (κ1) is 17.6. The standard InChI is InChI=1S/C14H16F5NO/c1-3-6-20(8-14(17,18)19)9(2)13(21)10-4-5-11(15)12(16)7-10/h4-5,7,9H,3,6,8H2,1-2H3. The molecule has 0 bridgehead atoms. The van der Waals surface area contributed by atoms with E-state index < -0.39 is 36.2 Å². The zero-order valence-corrected chi connectivity index (χ0v) is 11.7. The lowest BCUT2D eigenvalue weighted by Crippen LogP contribution is -2.44. The first-order valence-electron chi connectivity index (χ1n) is 6.45. The minimum atomic E-state index is -4.43. The van der Waals surface area contributed by atoms with Gasteiger partial charge in [-0.15, -0.1) is 0 Å². The number of hydrogen-bond donors (Lipinski definition) is 0. The van der Waals surface area contributed by atoms with Crippen LogP contribution in [0.25, 0.3) is 0 Å². The van der Waals surface area contributed by atoms with Crippen LogP contribution < -0.4 is 0 Å². The van der Waals surface area contributed by atoms with Crippen molar-refractivity contribution in [1.82, 2.24) is 4.90 Å². The molecule has 0 aliphatic heterocycles. The Morgan fingerprint density at radius 3 is 2.33 bits per heavy atom. The molecule has 0 amide bonds. The highest BCUT2D eigenvalue weighted by Crippen LogP contribution is 2.20. The number of Topliss-reactive ketones (excluding diaryl/α,β-unsaturated/α-hetero) is 1. The Kier molecular flexibility index (Phi) is 5.83. The molecule has 0 saturated heterocycles. The van der Waals surface area contributed by atoms with E-state index in [9.17, 15) is 26.7 Å². The fourth-order valence-electron chi connectivity index (χ4n) is 1.98. The third-order valence-electron chi connectivity index (χ3n) is 3.02. The molecule has 0 spiro atoms. The summed E-state index contributed by atoms with van der Waals surface area (Å²) in [6.45, 7) is 1.87. The van der Waals surface area contributed by atoms with Crippen LogP contribution in [0.5, 0.6) is 0 Å². The Labute approximate surface area is 119 Å². The number of ketones is 1. The Hall–Kier alpha value is -1.50. The van der Waals surface area contributed by atoms with Crippen LogP contribution in [0.4, 0.5) is 22.0 Å². The number of benzene rings is 1. The van der Waals surface area contributed by atoms with Gasteiger partial charge in [0.1, 0.15) is 0 Å². The van der Waals surface area contributed by atoms with Gasteiger partial charge in [0.15, 0.2) is 17.4 Å². The summed E-state index contributed by atoms with van der Waals surface area (Å²) in [6.07, 6.45) is -4.00. The molecule has 1 rings (SSSR count). The van der Waals surface area contributed by atoms with Gasteiger partial charge in [-0.05, 0) is 38.1 Å². The summed E-state index contributed by atoms with van der Waals surface area (Å²) in [4.78, 5) is 13.1. The molecule has 118 valence electrons. The molecule has 0 aromatic heterocycles. The minimum absolute atomic E-state index is 0.0795. The highest BCUT2D eigenvalue weighted by molar-refractivity contribution is 5.99. The van der Waals surface area contributed by atoms with E-state index in [0.717, 1.165) is 17.0 Å². The van der Waals surface area contributed by atoms with Crippen molar-refractivity contribution in [2.45, 2.75) is 32.5 Å². The number of carbonyl (C=O) groups excluding carboxylic acids is 1. The molecule has 0 saturated carbocycles. The summed E-state index contributed by atoms with van der Waals surface area (Å²) in [7, 11) is 0. The van der Waals surface area contributed by atoms with Gasteiger partial charge in [0, 0.05) is 5.56 Å². The highest BCUT2D eigenvalue weighted by Gasteiger charge is 2.34. The predicted molar refractivity (Wildman–Crippen MR) is 68.1 cm³/mol. The third-order valence-corrected chi connectivity index (χ3v) is 3.02. The number of hydrogen-bond acceptors (Lipinski definition) is 2. The summed E-state index contributed by atoms with van der Waals surface area (Å²) in [5, 5.41) is 0. The van der Waals surface area contributed by atoms with Crippen LogP contribution >= 0.6 is 0 Å². The molecule has 7 heteroatoms. The third kappa shape index (κ3) is 5.08. The number of halogens is 5.